The van der Waals surface area contributed by atoms with Crippen molar-refractivity contribution in [2.75, 3.05) is 27.2 Å². The molecule has 1 fully saturated rings. The van der Waals surface area contributed by atoms with Gasteiger partial charge in [0.15, 0.2) is 0 Å². The number of carbonyl (C=O) groups is 1. The normalized spacial score (nSPS) is 15.2. The molecule has 0 atom stereocenters. The van der Waals surface area contributed by atoms with Crippen molar-refractivity contribution in [3.63, 3.8) is 0 Å². The summed E-state index contributed by atoms with van der Waals surface area (Å²) < 4.78 is 28.0. The van der Waals surface area contributed by atoms with Crippen LogP contribution < -0.4 is 0 Å². The molecule has 1 aliphatic heterocycles. The molecule has 152 valence electrons. The maximum absolute atomic E-state index is 12.6. The van der Waals surface area contributed by atoms with Crippen molar-refractivity contribution < 1.29 is 13.2 Å². The third kappa shape index (κ3) is 3.98. The first-order chi connectivity index (χ1) is 13.2. The molecule has 7 nitrogen and oxygen atoms in total. The van der Waals surface area contributed by atoms with E-state index in [1.54, 1.807) is 18.5 Å². The van der Waals surface area contributed by atoms with E-state index >= 15 is 0 Å². The van der Waals surface area contributed by atoms with Crippen molar-refractivity contribution in [3.8, 4) is 0 Å². The minimum atomic E-state index is -3.54. The van der Waals surface area contributed by atoms with Crippen LogP contribution in [0.2, 0.25) is 0 Å². The van der Waals surface area contributed by atoms with Gasteiger partial charge in [-0.3, -0.25) is 9.48 Å². The van der Waals surface area contributed by atoms with Crippen LogP contribution in [0.15, 0.2) is 29.2 Å². The van der Waals surface area contributed by atoms with E-state index in [1.807, 2.05) is 29.2 Å². The zero-order chi connectivity index (χ0) is 20.5. The number of aromatic nitrogens is 2. The molecule has 1 aromatic carbocycles. The highest BCUT2D eigenvalue weighted by molar-refractivity contribution is 7.89. The summed E-state index contributed by atoms with van der Waals surface area (Å²) in [5, 5.41) is 4.42. The highest BCUT2D eigenvalue weighted by Crippen LogP contribution is 2.23. The molecule has 1 amide bonds. The number of benzene rings is 1. The highest BCUT2D eigenvalue weighted by atomic mass is 32.2. The summed E-state index contributed by atoms with van der Waals surface area (Å²) in [5.74, 6) is 0.0803. The Balaban J connectivity index is 1.79. The van der Waals surface area contributed by atoms with Gasteiger partial charge in [-0.1, -0.05) is 12.1 Å². The molecular weight excluding hydrogens is 376 g/mol. The van der Waals surface area contributed by atoms with Crippen LogP contribution in [0.3, 0.4) is 0 Å². The van der Waals surface area contributed by atoms with Gasteiger partial charge in [0.1, 0.15) is 4.90 Å². The molecule has 0 aliphatic carbocycles. The number of rotatable bonds is 5. The number of piperidine rings is 1. The zero-order valence-corrected chi connectivity index (χ0v) is 17.8. The Bertz CT molecular complexity index is 956. The van der Waals surface area contributed by atoms with Crippen molar-refractivity contribution >= 4 is 15.9 Å². The lowest BCUT2D eigenvalue weighted by molar-refractivity contribution is 0.0724. The Kier molecular flexibility index (Phi) is 5.90. The molecular formula is C20H28N4O3S. The Labute approximate surface area is 167 Å². The lowest BCUT2D eigenvalue weighted by atomic mass is 10.1. The number of nitrogens with zero attached hydrogens (tertiary/aromatic N) is 4. The fraction of sp³-hybridized carbons (Fsp3) is 0.500. The van der Waals surface area contributed by atoms with E-state index in [1.165, 1.54) is 24.8 Å². The summed E-state index contributed by atoms with van der Waals surface area (Å²) >= 11 is 0. The topological polar surface area (TPSA) is 75.5 Å². The summed E-state index contributed by atoms with van der Waals surface area (Å²) in [7, 11) is -0.505. The number of carbonyl (C=O) groups excluding carboxylic acids is 1. The van der Waals surface area contributed by atoms with E-state index < -0.39 is 10.0 Å². The van der Waals surface area contributed by atoms with E-state index in [0.717, 1.165) is 31.5 Å². The summed E-state index contributed by atoms with van der Waals surface area (Å²) in [4.78, 5) is 14.8. The maximum Gasteiger partial charge on any atom is 0.253 e. The van der Waals surface area contributed by atoms with Gasteiger partial charge in [-0.15, -0.1) is 0 Å². The van der Waals surface area contributed by atoms with Gasteiger partial charge in [-0.2, -0.15) is 5.10 Å². The predicted molar refractivity (Wildman–Crippen MR) is 108 cm³/mol. The molecule has 28 heavy (non-hydrogen) atoms. The average molecular weight is 405 g/mol. The molecule has 8 heteroatoms. The molecule has 0 N–H and O–H groups in total. The van der Waals surface area contributed by atoms with E-state index in [0.29, 0.717) is 23.5 Å². The van der Waals surface area contributed by atoms with Crippen LogP contribution in [0.4, 0.5) is 0 Å². The average Bonchev–Trinajstić information content (AvgIpc) is 2.96. The van der Waals surface area contributed by atoms with Crippen molar-refractivity contribution in [2.45, 2.75) is 44.6 Å². The summed E-state index contributed by atoms with van der Waals surface area (Å²) in [6.07, 6.45) is 3.33. The van der Waals surface area contributed by atoms with Gasteiger partial charge in [-0.05, 0) is 50.8 Å². The number of hydrogen-bond donors (Lipinski definition) is 0. The van der Waals surface area contributed by atoms with Gasteiger partial charge in [0.2, 0.25) is 10.0 Å². The SMILES string of the molecule is Cc1nn(Cc2ccc(C(=O)N3CCCCC3)cc2)c(C)c1S(=O)(=O)N(C)C. The van der Waals surface area contributed by atoms with Crippen LogP contribution in [-0.2, 0) is 16.6 Å². The monoisotopic (exact) mass is 404 g/mol. The molecule has 0 bridgehead atoms. The highest BCUT2D eigenvalue weighted by Gasteiger charge is 2.26. The van der Waals surface area contributed by atoms with E-state index in [-0.39, 0.29) is 10.8 Å². The number of likely N-dealkylation sites (tertiary alicyclic amines) is 1. The first-order valence-corrected chi connectivity index (χ1v) is 11.0. The predicted octanol–water partition coefficient (Wildman–Crippen LogP) is 2.42. The van der Waals surface area contributed by atoms with Gasteiger partial charge in [0, 0.05) is 32.7 Å². The molecule has 2 heterocycles. The minimum absolute atomic E-state index is 0.0803. The number of sulfonamides is 1. The molecule has 1 aliphatic rings. The van der Waals surface area contributed by atoms with Crippen LogP contribution in [-0.4, -0.2) is 60.5 Å². The summed E-state index contributed by atoms with van der Waals surface area (Å²) in [6.45, 7) is 5.59. The quantitative estimate of drug-likeness (QED) is 0.767. The Morgan fingerprint density at radius 3 is 2.25 bits per heavy atom. The standard InChI is InChI=1S/C20H28N4O3S/c1-15-19(28(26,27)22(3)4)16(2)24(21-15)14-17-8-10-18(11-9-17)20(25)23-12-6-5-7-13-23/h8-11H,5-7,12-14H2,1-4H3. The van der Waals surface area contributed by atoms with Crippen LogP contribution >= 0.6 is 0 Å². The molecule has 0 unspecified atom stereocenters. The fourth-order valence-corrected chi connectivity index (χ4v) is 4.85. The molecule has 0 spiro atoms. The summed E-state index contributed by atoms with van der Waals surface area (Å²) in [5.41, 5.74) is 2.76. The molecule has 3 rings (SSSR count). The van der Waals surface area contributed by atoms with Gasteiger partial charge in [-0.25, -0.2) is 12.7 Å². The van der Waals surface area contributed by atoms with Crippen LogP contribution in [0.25, 0.3) is 0 Å². The van der Waals surface area contributed by atoms with E-state index in [9.17, 15) is 13.2 Å². The Morgan fingerprint density at radius 2 is 1.68 bits per heavy atom. The third-order valence-corrected chi connectivity index (χ3v) is 7.30. The summed E-state index contributed by atoms with van der Waals surface area (Å²) in [6, 6.07) is 7.51. The van der Waals surface area contributed by atoms with Gasteiger partial charge < -0.3 is 4.90 Å². The van der Waals surface area contributed by atoms with E-state index in [4.69, 9.17) is 0 Å². The number of hydrogen-bond acceptors (Lipinski definition) is 4. The van der Waals surface area contributed by atoms with Crippen LogP contribution in [0, 0.1) is 13.8 Å². The second-order valence-corrected chi connectivity index (χ2v) is 9.58. The van der Waals surface area contributed by atoms with E-state index in [2.05, 4.69) is 5.10 Å². The second-order valence-electron chi connectivity index (χ2n) is 7.49. The smallest absolute Gasteiger partial charge is 0.253 e. The molecule has 0 radical (unpaired) electrons. The molecule has 1 aromatic heterocycles. The van der Waals surface area contributed by atoms with Crippen LogP contribution in [0.1, 0.15) is 46.6 Å². The largest absolute Gasteiger partial charge is 0.339 e. The first kappa shape index (κ1) is 20.5. The molecule has 2 aromatic rings. The Morgan fingerprint density at radius 1 is 1.07 bits per heavy atom. The minimum Gasteiger partial charge on any atom is -0.339 e. The van der Waals surface area contributed by atoms with Crippen molar-refractivity contribution in [2.24, 2.45) is 0 Å². The lowest BCUT2D eigenvalue weighted by Gasteiger charge is -2.26. The first-order valence-electron chi connectivity index (χ1n) is 9.56. The number of aryl methyl sites for hydroxylation is 1. The van der Waals surface area contributed by atoms with Gasteiger partial charge >= 0.3 is 0 Å². The molecule has 1 saturated heterocycles. The zero-order valence-electron chi connectivity index (χ0n) is 17.0. The molecule has 0 saturated carbocycles. The fourth-order valence-electron chi connectivity index (χ4n) is 3.60. The van der Waals surface area contributed by atoms with Crippen molar-refractivity contribution in [1.29, 1.82) is 0 Å². The van der Waals surface area contributed by atoms with Crippen molar-refractivity contribution in [3.05, 3.63) is 46.8 Å². The Hall–Kier alpha value is -2.19. The second kappa shape index (κ2) is 8.05. The van der Waals surface area contributed by atoms with Crippen molar-refractivity contribution in [1.82, 2.24) is 19.0 Å². The maximum atomic E-state index is 12.6. The number of amides is 1. The van der Waals surface area contributed by atoms with Crippen LogP contribution in [0.5, 0.6) is 0 Å². The third-order valence-electron chi connectivity index (χ3n) is 5.23. The van der Waals surface area contributed by atoms with Gasteiger partial charge in [0.25, 0.3) is 5.91 Å². The van der Waals surface area contributed by atoms with Gasteiger partial charge in [0.05, 0.1) is 17.9 Å². The lowest BCUT2D eigenvalue weighted by Crippen LogP contribution is -2.35.